The average Bonchev–Trinajstić information content (AvgIpc) is 2.39. The number of aryl methyl sites for hydroxylation is 1. The van der Waals surface area contributed by atoms with Crippen LogP contribution in [-0.4, -0.2) is 9.13 Å². The van der Waals surface area contributed by atoms with Gasteiger partial charge in [-0.1, -0.05) is 23.7 Å². The summed E-state index contributed by atoms with van der Waals surface area (Å²) in [6.07, 6.45) is 1.58. The highest BCUT2D eigenvalue weighted by atomic mass is 127. The first kappa shape index (κ1) is 14.3. The summed E-state index contributed by atoms with van der Waals surface area (Å²) in [6.45, 7) is 2.63. The molecule has 1 aromatic heterocycles. The molecule has 2 rings (SSSR count). The van der Waals surface area contributed by atoms with Crippen molar-refractivity contribution in [2.45, 2.75) is 20.0 Å². The van der Waals surface area contributed by atoms with Crippen LogP contribution in [0.25, 0.3) is 0 Å². The van der Waals surface area contributed by atoms with E-state index < -0.39 is 0 Å². The summed E-state index contributed by atoms with van der Waals surface area (Å²) in [7, 11) is 0. The smallest absolute Gasteiger partial charge is 0.300 e. The zero-order valence-electron chi connectivity index (χ0n) is 10.3. The zero-order chi connectivity index (χ0) is 14.0. The van der Waals surface area contributed by atoms with E-state index in [2.05, 4.69) is 0 Å². The molecule has 0 unspecified atom stereocenters. The van der Waals surface area contributed by atoms with Gasteiger partial charge in [0.15, 0.2) is 0 Å². The van der Waals surface area contributed by atoms with Crippen molar-refractivity contribution in [3.05, 3.63) is 65.5 Å². The number of halogens is 2. The Balaban J connectivity index is 2.54. The first-order valence-electron chi connectivity index (χ1n) is 5.77. The zero-order valence-corrected chi connectivity index (χ0v) is 13.2. The molecule has 0 fully saturated rings. The molecule has 2 aromatic rings. The van der Waals surface area contributed by atoms with Gasteiger partial charge in [0.2, 0.25) is 0 Å². The Morgan fingerprint density at radius 1 is 1.32 bits per heavy atom. The lowest BCUT2D eigenvalue weighted by molar-refractivity contribution is 0.595. The summed E-state index contributed by atoms with van der Waals surface area (Å²) in [5.74, 6) is 0. The predicted octanol–water partition coefficient (Wildman–Crippen LogP) is 2.34. The highest BCUT2D eigenvalue weighted by Crippen LogP contribution is 2.11. The minimum absolute atomic E-state index is 0.231. The van der Waals surface area contributed by atoms with E-state index >= 15 is 0 Å². The third-order valence-electron chi connectivity index (χ3n) is 2.77. The summed E-state index contributed by atoms with van der Waals surface area (Å²) < 4.78 is 3.28. The summed E-state index contributed by atoms with van der Waals surface area (Å²) >= 11 is 7.85. The van der Waals surface area contributed by atoms with Gasteiger partial charge in [0.1, 0.15) is 0 Å². The van der Waals surface area contributed by atoms with E-state index in [0.717, 1.165) is 5.56 Å². The summed E-state index contributed by atoms with van der Waals surface area (Å²) in [4.78, 5) is 24.2. The van der Waals surface area contributed by atoms with Crippen molar-refractivity contribution >= 4 is 34.2 Å². The van der Waals surface area contributed by atoms with Crippen LogP contribution in [-0.2, 0) is 13.1 Å². The number of nitrogens with zero attached hydrogens (tertiary/aromatic N) is 2. The van der Waals surface area contributed by atoms with Gasteiger partial charge in [0.25, 0.3) is 5.56 Å². The van der Waals surface area contributed by atoms with Gasteiger partial charge in [-0.2, -0.15) is 0 Å². The molecule has 4 nitrogen and oxygen atoms in total. The van der Waals surface area contributed by atoms with Gasteiger partial charge in [-0.05, 0) is 47.2 Å². The van der Waals surface area contributed by atoms with Crippen molar-refractivity contribution in [3.63, 3.8) is 0 Å². The standard InChI is InChI=1S/C13H12ClIN2O2/c1-2-16-8-11(15)12(18)17(13(16)19)7-9-4-3-5-10(14)6-9/h3-6,8H,2,7H2,1H3. The van der Waals surface area contributed by atoms with Gasteiger partial charge in [-0.15, -0.1) is 0 Å². The molecule has 1 heterocycles. The molecular formula is C13H12ClIN2O2. The normalized spacial score (nSPS) is 10.7. The first-order chi connectivity index (χ1) is 9.02. The lowest BCUT2D eigenvalue weighted by atomic mass is 10.2. The monoisotopic (exact) mass is 390 g/mol. The second kappa shape index (κ2) is 5.92. The molecule has 0 aliphatic carbocycles. The van der Waals surface area contributed by atoms with Crippen molar-refractivity contribution in [2.24, 2.45) is 0 Å². The molecule has 0 amide bonds. The lowest BCUT2D eigenvalue weighted by Crippen LogP contribution is -2.40. The molecule has 6 heteroatoms. The second-order valence-corrected chi connectivity index (χ2v) is 5.67. The molecule has 0 N–H and O–H groups in total. The molecule has 100 valence electrons. The molecule has 0 bridgehead atoms. The quantitative estimate of drug-likeness (QED) is 0.755. The molecule has 0 saturated carbocycles. The van der Waals surface area contributed by atoms with Crippen LogP contribution in [0.2, 0.25) is 5.02 Å². The Bertz CT molecular complexity index is 721. The van der Waals surface area contributed by atoms with Gasteiger partial charge in [-0.25, -0.2) is 4.79 Å². The van der Waals surface area contributed by atoms with Crippen molar-refractivity contribution in [1.82, 2.24) is 9.13 Å². The van der Waals surface area contributed by atoms with E-state index in [1.54, 1.807) is 24.4 Å². The van der Waals surface area contributed by atoms with E-state index in [9.17, 15) is 9.59 Å². The minimum Gasteiger partial charge on any atom is -0.300 e. The van der Waals surface area contributed by atoms with Crippen LogP contribution in [0, 0.1) is 3.57 Å². The Kier molecular flexibility index (Phi) is 4.46. The molecule has 1 aromatic carbocycles. The number of rotatable bonds is 3. The third kappa shape index (κ3) is 3.09. The highest BCUT2D eigenvalue weighted by Gasteiger charge is 2.09. The molecule has 0 aliphatic rings. The molecular weight excluding hydrogens is 379 g/mol. The SMILES string of the molecule is CCn1cc(I)c(=O)n(Cc2cccc(Cl)c2)c1=O. The van der Waals surface area contributed by atoms with Crippen LogP contribution in [0.4, 0.5) is 0 Å². The fourth-order valence-electron chi connectivity index (χ4n) is 1.80. The van der Waals surface area contributed by atoms with Crippen molar-refractivity contribution in [1.29, 1.82) is 0 Å². The van der Waals surface area contributed by atoms with Crippen LogP contribution >= 0.6 is 34.2 Å². The average molecular weight is 391 g/mol. The molecule has 0 radical (unpaired) electrons. The first-order valence-corrected chi connectivity index (χ1v) is 7.23. The van der Waals surface area contributed by atoms with Crippen LogP contribution in [0.3, 0.4) is 0 Å². The van der Waals surface area contributed by atoms with Crippen molar-refractivity contribution < 1.29 is 0 Å². The highest BCUT2D eigenvalue weighted by molar-refractivity contribution is 14.1. The topological polar surface area (TPSA) is 44.0 Å². The molecule has 19 heavy (non-hydrogen) atoms. The van der Waals surface area contributed by atoms with Crippen LogP contribution in [0.5, 0.6) is 0 Å². The Morgan fingerprint density at radius 2 is 2.05 bits per heavy atom. The summed E-state index contributed by atoms with van der Waals surface area (Å²) in [5.41, 5.74) is 0.263. The Morgan fingerprint density at radius 3 is 2.68 bits per heavy atom. The minimum atomic E-state index is -0.298. The largest absolute Gasteiger partial charge is 0.331 e. The fourth-order valence-corrected chi connectivity index (χ4v) is 2.64. The number of hydrogen-bond acceptors (Lipinski definition) is 2. The fraction of sp³-hybridized carbons (Fsp3) is 0.231. The lowest BCUT2D eigenvalue weighted by Gasteiger charge is -2.09. The van der Waals surface area contributed by atoms with Crippen LogP contribution in [0.1, 0.15) is 12.5 Å². The van der Waals surface area contributed by atoms with Gasteiger partial charge >= 0.3 is 5.69 Å². The summed E-state index contributed by atoms with van der Waals surface area (Å²) in [6, 6.07) is 7.15. The molecule has 0 spiro atoms. The number of hydrogen-bond donors (Lipinski definition) is 0. The van der Waals surface area contributed by atoms with Crippen molar-refractivity contribution in [2.75, 3.05) is 0 Å². The van der Waals surface area contributed by atoms with E-state index in [4.69, 9.17) is 11.6 Å². The van der Waals surface area contributed by atoms with E-state index in [-0.39, 0.29) is 17.8 Å². The van der Waals surface area contributed by atoms with Gasteiger partial charge < -0.3 is 0 Å². The number of benzene rings is 1. The van der Waals surface area contributed by atoms with E-state index in [1.165, 1.54) is 9.13 Å². The van der Waals surface area contributed by atoms with Gasteiger partial charge in [0, 0.05) is 17.8 Å². The third-order valence-corrected chi connectivity index (χ3v) is 3.74. The van der Waals surface area contributed by atoms with E-state index in [0.29, 0.717) is 15.1 Å². The van der Waals surface area contributed by atoms with Gasteiger partial charge in [0.05, 0.1) is 10.1 Å². The molecule has 0 aliphatic heterocycles. The Hall–Kier alpha value is -1.08. The number of aromatic nitrogens is 2. The van der Waals surface area contributed by atoms with Crippen molar-refractivity contribution in [3.8, 4) is 0 Å². The molecule has 0 atom stereocenters. The Labute approximate surface area is 128 Å². The second-order valence-electron chi connectivity index (χ2n) is 4.07. The predicted molar refractivity (Wildman–Crippen MR) is 83.9 cm³/mol. The van der Waals surface area contributed by atoms with E-state index in [1.807, 2.05) is 35.6 Å². The van der Waals surface area contributed by atoms with Crippen LogP contribution in [0.15, 0.2) is 40.1 Å². The summed E-state index contributed by atoms with van der Waals surface area (Å²) in [5, 5.41) is 0.590. The molecule has 0 saturated heterocycles. The maximum Gasteiger partial charge on any atom is 0.331 e. The maximum absolute atomic E-state index is 12.2. The van der Waals surface area contributed by atoms with Crippen LogP contribution < -0.4 is 11.2 Å². The van der Waals surface area contributed by atoms with Gasteiger partial charge in [-0.3, -0.25) is 13.9 Å². The maximum atomic E-state index is 12.2.